The first-order valence-corrected chi connectivity index (χ1v) is 7.33. The van der Waals surface area contributed by atoms with Gasteiger partial charge in [-0.05, 0) is 54.9 Å². The second-order valence-corrected chi connectivity index (χ2v) is 5.05. The maximum atomic E-state index is 5.86. The summed E-state index contributed by atoms with van der Waals surface area (Å²) in [5, 5.41) is 4.07. The first-order chi connectivity index (χ1) is 9.79. The summed E-state index contributed by atoms with van der Waals surface area (Å²) in [6, 6.07) is 15.9. The quantitative estimate of drug-likeness (QED) is 0.776. The lowest BCUT2D eigenvalue weighted by atomic mass is 10.1. The van der Waals surface area contributed by atoms with Crippen LogP contribution in [0.25, 0.3) is 0 Å². The van der Waals surface area contributed by atoms with Gasteiger partial charge in [-0.25, -0.2) is 0 Å². The summed E-state index contributed by atoms with van der Waals surface area (Å²) in [4.78, 5) is 0. The fraction of sp³-hybridized carbons (Fsp3) is 0.294. The van der Waals surface area contributed by atoms with Crippen molar-refractivity contribution >= 4 is 11.6 Å². The Bertz CT molecular complexity index is 525. The second-order valence-electron chi connectivity index (χ2n) is 4.61. The molecule has 0 saturated heterocycles. The van der Waals surface area contributed by atoms with Crippen molar-refractivity contribution in [3.8, 4) is 5.75 Å². The minimum absolute atomic E-state index is 0.587. The largest absolute Gasteiger partial charge is 0.489 e. The molecule has 0 bridgehead atoms. The molecule has 1 N–H and O–H groups in total. The number of ether oxygens (including phenoxy) is 1. The van der Waals surface area contributed by atoms with Gasteiger partial charge in [0.15, 0.2) is 0 Å². The minimum Gasteiger partial charge on any atom is -0.489 e. The molecule has 0 heterocycles. The van der Waals surface area contributed by atoms with E-state index in [2.05, 4.69) is 36.5 Å². The molecule has 0 saturated carbocycles. The fourth-order valence-electron chi connectivity index (χ4n) is 2.03. The summed E-state index contributed by atoms with van der Waals surface area (Å²) in [7, 11) is 0. The fourth-order valence-corrected chi connectivity index (χ4v) is 2.16. The Morgan fingerprint density at radius 1 is 1.00 bits per heavy atom. The topological polar surface area (TPSA) is 21.3 Å². The molecule has 2 nitrogen and oxygen atoms in total. The molecule has 0 aliphatic rings. The normalized spacial score (nSPS) is 10.5. The van der Waals surface area contributed by atoms with Gasteiger partial charge < -0.3 is 10.1 Å². The molecule has 0 unspecified atom stereocenters. The van der Waals surface area contributed by atoms with E-state index in [1.165, 1.54) is 11.1 Å². The smallest absolute Gasteiger partial charge is 0.119 e. The van der Waals surface area contributed by atoms with Crippen molar-refractivity contribution in [1.29, 1.82) is 0 Å². The number of rotatable bonds is 7. The first-order valence-electron chi connectivity index (χ1n) is 6.95. The van der Waals surface area contributed by atoms with Gasteiger partial charge in [-0.3, -0.25) is 0 Å². The van der Waals surface area contributed by atoms with E-state index < -0.39 is 0 Å². The predicted octanol–water partition coefficient (Wildman–Crippen LogP) is 4.07. The van der Waals surface area contributed by atoms with E-state index in [1.54, 1.807) is 0 Å². The SMILES string of the molecule is CCNCCc1ccccc1COc1ccc(Cl)cc1. The molecular formula is C17H20ClNO. The lowest BCUT2D eigenvalue weighted by Gasteiger charge is -2.11. The molecule has 2 aromatic rings. The van der Waals surface area contributed by atoms with Crippen LogP contribution in [0.2, 0.25) is 5.02 Å². The molecule has 0 aliphatic heterocycles. The summed E-state index contributed by atoms with van der Waals surface area (Å²) in [6.45, 7) is 4.71. The lowest BCUT2D eigenvalue weighted by molar-refractivity contribution is 0.305. The molecule has 0 amide bonds. The zero-order valence-corrected chi connectivity index (χ0v) is 12.5. The lowest BCUT2D eigenvalue weighted by Crippen LogP contribution is -2.17. The molecule has 0 fully saturated rings. The number of nitrogens with one attached hydrogen (secondary N) is 1. The van der Waals surface area contributed by atoms with Crippen molar-refractivity contribution in [2.75, 3.05) is 13.1 Å². The second kappa shape index (κ2) is 7.93. The molecule has 0 spiro atoms. The Morgan fingerprint density at radius 2 is 1.70 bits per heavy atom. The summed E-state index contributed by atoms with van der Waals surface area (Å²) in [6.07, 6.45) is 1.02. The third-order valence-corrected chi connectivity index (χ3v) is 3.40. The molecule has 0 aliphatic carbocycles. The van der Waals surface area contributed by atoms with Gasteiger partial charge in [-0.1, -0.05) is 42.8 Å². The third kappa shape index (κ3) is 4.55. The van der Waals surface area contributed by atoms with E-state index in [-0.39, 0.29) is 0 Å². The van der Waals surface area contributed by atoms with Crippen LogP contribution in [-0.4, -0.2) is 13.1 Å². The standard InChI is InChI=1S/C17H20ClNO/c1-2-19-12-11-14-5-3-4-6-15(14)13-20-17-9-7-16(18)8-10-17/h3-10,19H,2,11-13H2,1H3. The van der Waals surface area contributed by atoms with Crippen molar-refractivity contribution in [3.63, 3.8) is 0 Å². The van der Waals surface area contributed by atoms with Gasteiger partial charge in [0.05, 0.1) is 0 Å². The van der Waals surface area contributed by atoms with Crippen LogP contribution in [0.3, 0.4) is 0 Å². The van der Waals surface area contributed by atoms with Crippen molar-refractivity contribution in [1.82, 2.24) is 5.32 Å². The molecule has 0 aromatic heterocycles. The van der Waals surface area contributed by atoms with Crippen molar-refractivity contribution in [2.24, 2.45) is 0 Å². The van der Waals surface area contributed by atoms with E-state index in [4.69, 9.17) is 16.3 Å². The highest BCUT2D eigenvalue weighted by Crippen LogP contribution is 2.18. The van der Waals surface area contributed by atoms with E-state index in [0.717, 1.165) is 30.3 Å². The molecular weight excluding hydrogens is 270 g/mol. The highest BCUT2D eigenvalue weighted by molar-refractivity contribution is 6.30. The van der Waals surface area contributed by atoms with Gasteiger partial charge in [0.25, 0.3) is 0 Å². The molecule has 0 atom stereocenters. The predicted molar refractivity (Wildman–Crippen MR) is 84.5 cm³/mol. The third-order valence-electron chi connectivity index (χ3n) is 3.15. The Labute approximate surface area is 125 Å². The van der Waals surface area contributed by atoms with Crippen LogP contribution in [0, 0.1) is 0 Å². The van der Waals surface area contributed by atoms with Gasteiger partial charge in [0.1, 0.15) is 12.4 Å². The van der Waals surface area contributed by atoms with Crippen molar-refractivity contribution in [3.05, 3.63) is 64.7 Å². The minimum atomic E-state index is 0.587. The molecule has 2 aromatic carbocycles. The number of benzene rings is 2. The van der Waals surface area contributed by atoms with Crippen LogP contribution in [0.5, 0.6) is 5.75 Å². The van der Waals surface area contributed by atoms with Gasteiger partial charge in [-0.2, -0.15) is 0 Å². The van der Waals surface area contributed by atoms with Crippen LogP contribution in [-0.2, 0) is 13.0 Å². The van der Waals surface area contributed by atoms with Crippen LogP contribution in [0.1, 0.15) is 18.1 Å². The molecule has 106 valence electrons. The molecule has 20 heavy (non-hydrogen) atoms. The zero-order chi connectivity index (χ0) is 14.2. The molecule has 0 radical (unpaired) electrons. The van der Waals surface area contributed by atoms with Crippen LogP contribution < -0.4 is 10.1 Å². The number of likely N-dealkylation sites (N-methyl/N-ethyl adjacent to an activating group) is 1. The molecule has 2 rings (SSSR count). The van der Waals surface area contributed by atoms with Gasteiger partial charge in [0, 0.05) is 5.02 Å². The van der Waals surface area contributed by atoms with E-state index in [9.17, 15) is 0 Å². The monoisotopic (exact) mass is 289 g/mol. The van der Waals surface area contributed by atoms with Crippen molar-refractivity contribution < 1.29 is 4.74 Å². The van der Waals surface area contributed by atoms with Crippen LogP contribution >= 0.6 is 11.6 Å². The van der Waals surface area contributed by atoms with Crippen LogP contribution in [0.4, 0.5) is 0 Å². The maximum Gasteiger partial charge on any atom is 0.119 e. The maximum absolute atomic E-state index is 5.86. The van der Waals surface area contributed by atoms with Crippen LogP contribution in [0.15, 0.2) is 48.5 Å². The van der Waals surface area contributed by atoms with E-state index >= 15 is 0 Å². The highest BCUT2D eigenvalue weighted by Gasteiger charge is 2.02. The summed E-state index contributed by atoms with van der Waals surface area (Å²) in [5.74, 6) is 0.843. The summed E-state index contributed by atoms with van der Waals surface area (Å²) >= 11 is 5.86. The Kier molecular flexibility index (Phi) is 5.90. The molecule has 3 heteroatoms. The van der Waals surface area contributed by atoms with E-state index in [0.29, 0.717) is 6.61 Å². The highest BCUT2D eigenvalue weighted by atomic mass is 35.5. The average Bonchev–Trinajstić information content (AvgIpc) is 2.48. The number of halogens is 1. The number of hydrogen-bond donors (Lipinski definition) is 1. The summed E-state index contributed by atoms with van der Waals surface area (Å²) in [5.41, 5.74) is 2.57. The Hall–Kier alpha value is -1.51. The Morgan fingerprint density at radius 3 is 2.40 bits per heavy atom. The average molecular weight is 290 g/mol. The number of hydrogen-bond acceptors (Lipinski definition) is 2. The van der Waals surface area contributed by atoms with E-state index in [1.807, 2.05) is 24.3 Å². The first kappa shape index (κ1) is 14.9. The Balaban J connectivity index is 1.96. The van der Waals surface area contributed by atoms with Crippen molar-refractivity contribution in [2.45, 2.75) is 20.0 Å². The zero-order valence-electron chi connectivity index (χ0n) is 11.7. The van der Waals surface area contributed by atoms with Gasteiger partial charge in [0.2, 0.25) is 0 Å². The summed E-state index contributed by atoms with van der Waals surface area (Å²) < 4.78 is 5.81. The van der Waals surface area contributed by atoms with Gasteiger partial charge in [-0.15, -0.1) is 0 Å². The van der Waals surface area contributed by atoms with Gasteiger partial charge >= 0.3 is 0 Å².